The Labute approximate surface area is 98.9 Å². The summed E-state index contributed by atoms with van der Waals surface area (Å²) in [5, 5.41) is 0. The SMILES string of the molecule is CC(C)c1nc2sc(Cl)cn2c1C(C)C. The van der Waals surface area contributed by atoms with E-state index in [1.54, 1.807) is 0 Å². The summed E-state index contributed by atoms with van der Waals surface area (Å²) in [5.41, 5.74) is 2.50. The van der Waals surface area contributed by atoms with Gasteiger partial charge in [-0.3, -0.25) is 4.40 Å². The summed E-state index contributed by atoms with van der Waals surface area (Å²) in [6.45, 7) is 8.75. The van der Waals surface area contributed by atoms with Gasteiger partial charge >= 0.3 is 0 Å². The quantitative estimate of drug-likeness (QED) is 0.768. The molecule has 2 aromatic rings. The van der Waals surface area contributed by atoms with Crippen LogP contribution in [0.4, 0.5) is 0 Å². The third-order valence-electron chi connectivity index (χ3n) is 2.46. The van der Waals surface area contributed by atoms with Crippen molar-refractivity contribution in [3.8, 4) is 0 Å². The summed E-state index contributed by atoms with van der Waals surface area (Å²) in [5.74, 6) is 0.941. The fourth-order valence-electron chi connectivity index (χ4n) is 1.85. The molecule has 0 bridgehead atoms. The van der Waals surface area contributed by atoms with Crippen molar-refractivity contribution in [1.29, 1.82) is 0 Å². The average Bonchev–Trinajstić information content (AvgIpc) is 2.58. The summed E-state index contributed by atoms with van der Waals surface area (Å²) in [6.07, 6.45) is 1.97. The number of hydrogen-bond acceptors (Lipinski definition) is 2. The Morgan fingerprint density at radius 1 is 1.27 bits per heavy atom. The van der Waals surface area contributed by atoms with Crippen LogP contribution >= 0.6 is 22.9 Å². The summed E-state index contributed by atoms with van der Waals surface area (Å²) < 4.78 is 2.93. The summed E-state index contributed by atoms with van der Waals surface area (Å²) in [7, 11) is 0. The molecular weight excluding hydrogens is 228 g/mol. The first-order valence-electron chi connectivity index (χ1n) is 5.18. The zero-order valence-corrected chi connectivity index (χ0v) is 11.0. The van der Waals surface area contributed by atoms with Crippen molar-refractivity contribution in [2.24, 2.45) is 0 Å². The van der Waals surface area contributed by atoms with Crippen molar-refractivity contribution in [3.05, 3.63) is 21.9 Å². The average molecular weight is 243 g/mol. The van der Waals surface area contributed by atoms with Crippen LogP contribution in [0.3, 0.4) is 0 Å². The topological polar surface area (TPSA) is 17.3 Å². The maximum Gasteiger partial charge on any atom is 0.195 e. The van der Waals surface area contributed by atoms with Gasteiger partial charge in [-0.05, 0) is 11.8 Å². The zero-order chi connectivity index (χ0) is 11.2. The van der Waals surface area contributed by atoms with Gasteiger partial charge in [-0.1, -0.05) is 50.6 Å². The van der Waals surface area contributed by atoms with E-state index in [0.717, 1.165) is 9.30 Å². The maximum atomic E-state index is 5.99. The van der Waals surface area contributed by atoms with E-state index >= 15 is 0 Å². The van der Waals surface area contributed by atoms with Crippen LogP contribution in [0.5, 0.6) is 0 Å². The Hall–Kier alpha value is -0.540. The van der Waals surface area contributed by atoms with Gasteiger partial charge in [0, 0.05) is 11.9 Å². The van der Waals surface area contributed by atoms with Crippen LogP contribution in [-0.4, -0.2) is 9.38 Å². The third kappa shape index (κ3) is 1.79. The van der Waals surface area contributed by atoms with Gasteiger partial charge in [-0.25, -0.2) is 4.98 Å². The number of halogens is 1. The molecule has 2 nitrogen and oxygen atoms in total. The highest BCUT2D eigenvalue weighted by Gasteiger charge is 2.18. The molecule has 0 spiro atoms. The molecule has 0 amide bonds. The van der Waals surface area contributed by atoms with Crippen LogP contribution in [0.2, 0.25) is 4.34 Å². The van der Waals surface area contributed by atoms with Crippen LogP contribution in [0.25, 0.3) is 4.96 Å². The Bertz CT molecular complexity index is 482. The standard InChI is InChI=1S/C11H15ClN2S/c1-6(2)9-10(7(3)4)14-5-8(12)15-11(14)13-9/h5-7H,1-4H3. The summed E-state index contributed by atoms with van der Waals surface area (Å²) in [6, 6.07) is 0. The smallest absolute Gasteiger partial charge is 0.195 e. The van der Waals surface area contributed by atoms with Gasteiger partial charge in [0.15, 0.2) is 4.96 Å². The lowest BCUT2D eigenvalue weighted by atomic mass is 10.0. The lowest BCUT2D eigenvalue weighted by Gasteiger charge is -2.09. The highest BCUT2D eigenvalue weighted by molar-refractivity contribution is 7.20. The monoisotopic (exact) mass is 242 g/mol. The van der Waals surface area contributed by atoms with Gasteiger partial charge in [0.25, 0.3) is 0 Å². The van der Waals surface area contributed by atoms with Crippen molar-refractivity contribution >= 4 is 27.9 Å². The van der Waals surface area contributed by atoms with Crippen molar-refractivity contribution < 1.29 is 0 Å². The van der Waals surface area contributed by atoms with Crippen molar-refractivity contribution in [1.82, 2.24) is 9.38 Å². The number of aromatic nitrogens is 2. The minimum atomic E-state index is 0.466. The van der Waals surface area contributed by atoms with Gasteiger partial charge in [0.05, 0.1) is 5.69 Å². The van der Waals surface area contributed by atoms with Gasteiger partial charge in [-0.15, -0.1) is 0 Å². The van der Waals surface area contributed by atoms with Crippen LogP contribution in [0, 0.1) is 0 Å². The second-order valence-corrected chi connectivity index (χ2v) is 6.02. The Morgan fingerprint density at radius 3 is 2.47 bits per heavy atom. The van der Waals surface area contributed by atoms with Crippen LogP contribution in [0.15, 0.2) is 6.20 Å². The first-order valence-corrected chi connectivity index (χ1v) is 6.37. The van der Waals surface area contributed by atoms with Crippen molar-refractivity contribution in [2.45, 2.75) is 39.5 Å². The number of imidazole rings is 1. The van der Waals surface area contributed by atoms with Gasteiger partial charge < -0.3 is 0 Å². The largest absolute Gasteiger partial charge is 0.293 e. The molecule has 4 heteroatoms. The molecule has 0 aliphatic heterocycles. The van der Waals surface area contributed by atoms with Crippen molar-refractivity contribution in [2.75, 3.05) is 0 Å². The first-order chi connectivity index (χ1) is 7.00. The highest BCUT2D eigenvalue weighted by Crippen LogP contribution is 2.31. The molecule has 0 atom stereocenters. The summed E-state index contributed by atoms with van der Waals surface area (Å²) >= 11 is 7.53. The molecule has 0 aliphatic carbocycles. The molecule has 2 heterocycles. The minimum Gasteiger partial charge on any atom is -0.293 e. The number of nitrogens with zero attached hydrogens (tertiary/aromatic N) is 2. The van der Waals surface area contributed by atoms with Gasteiger partial charge in [0.2, 0.25) is 0 Å². The fourth-order valence-corrected chi connectivity index (χ4v) is 2.88. The molecule has 15 heavy (non-hydrogen) atoms. The van der Waals surface area contributed by atoms with Crippen LogP contribution < -0.4 is 0 Å². The van der Waals surface area contributed by atoms with E-state index in [1.165, 1.54) is 22.7 Å². The van der Waals surface area contributed by atoms with E-state index in [2.05, 4.69) is 37.1 Å². The molecule has 0 radical (unpaired) electrons. The van der Waals surface area contributed by atoms with E-state index < -0.39 is 0 Å². The number of fused-ring (bicyclic) bond motifs is 1. The van der Waals surface area contributed by atoms with Crippen LogP contribution in [-0.2, 0) is 0 Å². The Kier molecular flexibility index (Phi) is 2.77. The van der Waals surface area contributed by atoms with Crippen molar-refractivity contribution in [3.63, 3.8) is 0 Å². The Balaban J connectivity index is 2.71. The first kappa shape index (κ1) is 11.0. The highest BCUT2D eigenvalue weighted by atomic mass is 35.5. The predicted molar refractivity (Wildman–Crippen MR) is 66.3 cm³/mol. The number of rotatable bonds is 2. The van der Waals surface area contributed by atoms with E-state index in [0.29, 0.717) is 11.8 Å². The second-order valence-electron chi connectivity index (χ2n) is 4.38. The lowest BCUT2D eigenvalue weighted by Crippen LogP contribution is -1.99. The molecular formula is C11H15ClN2S. The predicted octanol–water partition coefficient (Wildman–Crippen LogP) is 4.30. The molecule has 2 rings (SSSR count). The van der Waals surface area contributed by atoms with Gasteiger partial charge in [0.1, 0.15) is 4.34 Å². The molecule has 2 aromatic heterocycles. The number of thiazole rings is 1. The molecule has 0 aliphatic rings. The normalized spacial score (nSPS) is 12.2. The molecule has 0 saturated carbocycles. The Morgan fingerprint density at radius 2 is 1.93 bits per heavy atom. The maximum absolute atomic E-state index is 5.99. The molecule has 0 fully saturated rings. The molecule has 0 N–H and O–H groups in total. The van der Waals surface area contributed by atoms with E-state index in [-0.39, 0.29) is 0 Å². The third-order valence-corrected chi connectivity index (χ3v) is 3.56. The lowest BCUT2D eigenvalue weighted by molar-refractivity contribution is 0.746. The molecule has 0 saturated heterocycles. The van der Waals surface area contributed by atoms with Gasteiger partial charge in [-0.2, -0.15) is 0 Å². The fraction of sp³-hybridized carbons (Fsp3) is 0.545. The molecule has 0 aromatic carbocycles. The van der Waals surface area contributed by atoms with E-state index in [1.807, 2.05) is 6.20 Å². The number of hydrogen-bond donors (Lipinski definition) is 0. The van der Waals surface area contributed by atoms with E-state index in [4.69, 9.17) is 11.6 Å². The minimum absolute atomic E-state index is 0.466. The van der Waals surface area contributed by atoms with Crippen LogP contribution in [0.1, 0.15) is 50.9 Å². The van der Waals surface area contributed by atoms with E-state index in [9.17, 15) is 0 Å². The summed E-state index contributed by atoms with van der Waals surface area (Å²) in [4.78, 5) is 5.66. The zero-order valence-electron chi connectivity index (χ0n) is 9.41. The molecule has 0 unspecified atom stereocenters. The second kappa shape index (κ2) is 3.80. The molecule has 82 valence electrons.